The lowest BCUT2D eigenvalue weighted by Gasteiger charge is -2.19. The minimum absolute atomic E-state index is 0.605. The molecular formula is C12H11BrO. The number of aliphatic hydroxyl groups is 1. The highest BCUT2D eigenvalue weighted by Gasteiger charge is 2.20. The Morgan fingerprint density at radius 1 is 1.21 bits per heavy atom. The summed E-state index contributed by atoms with van der Waals surface area (Å²) in [4.78, 5) is 0. The fourth-order valence-corrected chi connectivity index (χ4v) is 1.75. The summed E-state index contributed by atoms with van der Waals surface area (Å²) in [5.41, 5.74) is 2.35. The van der Waals surface area contributed by atoms with Crippen LogP contribution < -0.4 is 0 Å². The van der Waals surface area contributed by atoms with Gasteiger partial charge in [-0.1, -0.05) is 42.5 Å². The molecule has 0 saturated heterocycles. The summed E-state index contributed by atoms with van der Waals surface area (Å²) in [5, 5.41) is 9.62. The Bertz CT molecular complexity index is 377. The van der Waals surface area contributed by atoms with E-state index in [0.717, 1.165) is 5.57 Å². The highest BCUT2D eigenvalue weighted by atomic mass is 79.9. The Hall–Kier alpha value is -0.860. The van der Waals surface area contributed by atoms with E-state index in [0.29, 0.717) is 6.42 Å². The highest BCUT2D eigenvalue weighted by Crippen LogP contribution is 2.30. The van der Waals surface area contributed by atoms with E-state index in [-0.39, 0.29) is 0 Å². The van der Waals surface area contributed by atoms with Crippen molar-refractivity contribution in [1.29, 1.82) is 0 Å². The van der Waals surface area contributed by atoms with Crippen LogP contribution in [0.4, 0.5) is 0 Å². The van der Waals surface area contributed by atoms with Crippen molar-refractivity contribution in [2.75, 3.05) is 0 Å². The number of hydrogen-bond acceptors (Lipinski definition) is 1. The van der Waals surface area contributed by atoms with Crippen LogP contribution in [0.2, 0.25) is 0 Å². The fraction of sp³-hybridized carbons (Fsp3) is 0.167. The molecule has 0 aromatic heterocycles. The second-order valence-corrected chi connectivity index (χ2v) is 4.75. The van der Waals surface area contributed by atoms with Gasteiger partial charge in [0.15, 0.2) is 0 Å². The lowest BCUT2D eigenvalue weighted by Crippen LogP contribution is -2.16. The van der Waals surface area contributed by atoms with E-state index < -0.39 is 4.51 Å². The van der Waals surface area contributed by atoms with Crippen LogP contribution in [0.5, 0.6) is 0 Å². The maximum absolute atomic E-state index is 9.62. The Balaban J connectivity index is 2.25. The smallest absolute Gasteiger partial charge is 0.141 e. The largest absolute Gasteiger partial charge is 0.375 e. The standard InChI is InChI=1S/C12H11BrO/c13-12(14)8-6-11(7-9-12)10-4-2-1-3-5-10/h1-8,14H,9H2/t12-/m1/s1. The van der Waals surface area contributed by atoms with Gasteiger partial charge in [0.05, 0.1) is 0 Å². The monoisotopic (exact) mass is 250 g/mol. The van der Waals surface area contributed by atoms with Crippen LogP contribution in [0.1, 0.15) is 12.0 Å². The fourth-order valence-electron chi connectivity index (χ4n) is 1.45. The minimum Gasteiger partial charge on any atom is -0.375 e. The highest BCUT2D eigenvalue weighted by molar-refractivity contribution is 9.10. The molecule has 0 spiro atoms. The molecule has 1 aromatic rings. The van der Waals surface area contributed by atoms with E-state index in [2.05, 4.69) is 28.1 Å². The molecule has 1 aliphatic rings. The Kier molecular flexibility index (Phi) is 2.57. The summed E-state index contributed by atoms with van der Waals surface area (Å²) >= 11 is 3.22. The summed E-state index contributed by atoms with van der Waals surface area (Å²) in [6.45, 7) is 0. The van der Waals surface area contributed by atoms with Crippen molar-refractivity contribution in [3.05, 3.63) is 54.1 Å². The first-order valence-electron chi connectivity index (χ1n) is 4.53. The first-order chi connectivity index (χ1) is 6.67. The maximum Gasteiger partial charge on any atom is 0.141 e. The van der Waals surface area contributed by atoms with E-state index >= 15 is 0 Å². The van der Waals surface area contributed by atoms with Gasteiger partial charge in [-0.15, -0.1) is 0 Å². The van der Waals surface area contributed by atoms with Crippen molar-refractivity contribution >= 4 is 21.5 Å². The van der Waals surface area contributed by atoms with Crippen molar-refractivity contribution < 1.29 is 5.11 Å². The molecule has 72 valence electrons. The number of allylic oxidation sites excluding steroid dienone is 2. The maximum atomic E-state index is 9.62. The molecule has 1 aromatic carbocycles. The van der Waals surface area contributed by atoms with Crippen LogP contribution >= 0.6 is 15.9 Å². The van der Waals surface area contributed by atoms with Crippen molar-refractivity contribution in [3.63, 3.8) is 0 Å². The SMILES string of the molecule is O[C@]1(Br)C=CC(c2ccccc2)=CC1. The molecule has 0 unspecified atom stereocenters. The Morgan fingerprint density at radius 2 is 1.93 bits per heavy atom. The lowest BCUT2D eigenvalue weighted by molar-refractivity contribution is 0.198. The molecule has 0 amide bonds. The zero-order chi connectivity index (χ0) is 10.0. The van der Waals surface area contributed by atoms with E-state index in [9.17, 15) is 5.11 Å². The third kappa shape index (κ3) is 2.14. The first-order valence-corrected chi connectivity index (χ1v) is 5.33. The predicted octanol–water partition coefficient (Wildman–Crippen LogP) is 3.11. The van der Waals surface area contributed by atoms with Crippen molar-refractivity contribution in [2.24, 2.45) is 0 Å². The Morgan fingerprint density at radius 3 is 2.50 bits per heavy atom. The van der Waals surface area contributed by atoms with Gasteiger partial charge in [-0.25, -0.2) is 0 Å². The van der Waals surface area contributed by atoms with Gasteiger partial charge in [0.1, 0.15) is 4.51 Å². The van der Waals surface area contributed by atoms with Crippen LogP contribution in [0.25, 0.3) is 5.57 Å². The summed E-state index contributed by atoms with van der Waals surface area (Å²) in [7, 11) is 0. The van der Waals surface area contributed by atoms with Gasteiger partial charge in [-0.2, -0.15) is 0 Å². The van der Waals surface area contributed by atoms with E-state index in [4.69, 9.17) is 0 Å². The molecule has 2 rings (SSSR count). The summed E-state index contributed by atoms with van der Waals surface area (Å²) in [5.74, 6) is 0. The molecule has 0 heterocycles. The topological polar surface area (TPSA) is 20.2 Å². The molecule has 2 heteroatoms. The zero-order valence-corrected chi connectivity index (χ0v) is 9.24. The Labute approximate surface area is 91.9 Å². The zero-order valence-electron chi connectivity index (χ0n) is 7.65. The molecule has 1 nitrogen and oxygen atoms in total. The van der Waals surface area contributed by atoms with Gasteiger partial charge in [0, 0.05) is 6.42 Å². The molecule has 0 aliphatic heterocycles. The molecule has 0 bridgehead atoms. The lowest BCUT2D eigenvalue weighted by atomic mass is 9.98. The third-order valence-corrected chi connectivity index (χ3v) is 2.82. The second kappa shape index (κ2) is 3.71. The second-order valence-electron chi connectivity index (χ2n) is 3.38. The van der Waals surface area contributed by atoms with E-state index in [1.165, 1.54) is 5.56 Å². The molecule has 1 atom stereocenters. The normalized spacial score (nSPS) is 26.0. The summed E-state index contributed by atoms with van der Waals surface area (Å²) < 4.78 is -0.856. The molecular weight excluding hydrogens is 240 g/mol. The number of hydrogen-bond donors (Lipinski definition) is 1. The van der Waals surface area contributed by atoms with Gasteiger partial charge in [-0.05, 0) is 33.1 Å². The van der Waals surface area contributed by atoms with Crippen molar-refractivity contribution in [3.8, 4) is 0 Å². The first kappa shape index (κ1) is 9.69. The van der Waals surface area contributed by atoms with Crippen LogP contribution in [0.3, 0.4) is 0 Å². The van der Waals surface area contributed by atoms with E-state index in [1.54, 1.807) is 6.08 Å². The molecule has 0 saturated carbocycles. The minimum atomic E-state index is -0.856. The summed E-state index contributed by atoms with van der Waals surface area (Å²) in [6, 6.07) is 10.2. The number of alkyl halides is 1. The molecule has 0 radical (unpaired) electrons. The van der Waals surface area contributed by atoms with Crippen molar-refractivity contribution in [1.82, 2.24) is 0 Å². The number of rotatable bonds is 1. The predicted molar refractivity (Wildman–Crippen MR) is 62.1 cm³/mol. The van der Waals surface area contributed by atoms with Crippen LogP contribution in [-0.4, -0.2) is 9.62 Å². The van der Waals surface area contributed by atoms with Gasteiger partial charge in [-0.3, -0.25) is 0 Å². The van der Waals surface area contributed by atoms with Gasteiger partial charge >= 0.3 is 0 Å². The molecule has 1 aliphatic carbocycles. The van der Waals surface area contributed by atoms with E-state index in [1.807, 2.05) is 30.4 Å². The van der Waals surface area contributed by atoms with Crippen LogP contribution in [0, 0.1) is 0 Å². The average molecular weight is 251 g/mol. The van der Waals surface area contributed by atoms with Gasteiger partial charge < -0.3 is 5.11 Å². The van der Waals surface area contributed by atoms with Crippen LogP contribution in [0.15, 0.2) is 48.6 Å². The number of halogens is 1. The average Bonchev–Trinajstić information content (AvgIpc) is 2.19. The molecule has 0 fully saturated rings. The summed E-state index contributed by atoms with van der Waals surface area (Å²) in [6.07, 6.45) is 6.35. The van der Waals surface area contributed by atoms with Gasteiger partial charge in [0.25, 0.3) is 0 Å². The third-order valence-electron chi connectivity index (χ3n) is 2.23. The quantitative estimate of drug-likeness (QED) is 0.760. The van der Waals surface area contributed by atoms with Gasteiger partial charge in [0.2, 0.25) is 0 Å². The number of benzene rings is 1. The van der Waals surface area contributed by atoms with Crippen LogP contribution in [-0.2, 0) is 0 Å². The molecule has 14 heavy (non-hydrogen) atoms. The molecule has 1 N–H and O–H groups in total. The van der Waals surface area contributed by atoms with Crippen molar-refractivity contribution in [2.45, 2.75) is 10.9 Å².